The Morgan fingerprint density at radius 1 is 1.06 bits per heavy atom. The third-order valence-corrected chi connectivity index (χ3v) is 6.42. The van der Waals surface area contributed by atoms with Crippen LogP contribution in [-0.2, 0) is 16.1 Å². The smallest absolute Gasteiger partial charge is 0.237 e. The van der Waals surface area contributed by atoms with Crippen LogP contribution in [0.4, 0.5) is 5.69 Å². The molecule has 0 spiro atoms. The minimum absolute atomic E-state index is 0.0492. The summed E-state index contributed by atoms with van der Waals surface area (Å²) in [5, 5.41) is 6.10. The van der Waals surface area contributed by atoms with Gasteiger partial charge < -0.3 is 20.3 Å². The van der Waals surface area contributed by atoms with E-state index in [-0.39, 0.29) is 24.3 Å². The lowest BCUT2D eigenvalue weighted by atomic mass is 10.0. The number of para-hydroxylation sites is 1. The number of nitrogens with zero attached hydrogens (tertiary/aromatic N) is 2. The van der Waals surface area contributed by atoms with E-state index in [1.54, 1.807) is 0 Å². The summed E-state index contributed by atoms with van der Waals surface area (Å²) in [6.45, 7) is 6.40. The van der Waals surface area contributed by atoms with E-state index in [1.807, 2.05) is 37.3 Å². The number of carbonyl (C=O) groups is 2. The predicted molar refractivity (Wildman–Crippen MR) is 129 cm³/mol. The standard InChI is InChI=1S/C26H34N4O3/c1-2-33-23-10-8-20(9-11-23)19-30-17-14-27-26(32)24(30)18-25(31)28-21-12-15-29(16-13-21)22-6-4-3-5-7-22/h3-11,21,24H,2,12-19H2,1H3,(H,27,32)(H,28,31)/t24-/m1/s1. The Balaban J connectivity index is 1.29. The minimum atomic E-state index is -0.449. The average Bonchev–Trinajstić information content (AvgIpc) is 2.84. The second-order valence-corrected chi connectivity index (χ2v) is 8.72. The highest BCUT2D eigenvalue weighted by atomic mass is 16.5. The molecule has 2 aliphatic heterocycles. The molecular weight excluding hydrogens is 416 g/mol. The molecule has 0 bridgehead atoms. The fourth-order valence-corrected chi connectivity index (χ4v) is 4.65. The van der Waals surface area contributed by atoms with Crippen molar-refractivity contribution in [1.29, 1.82) is 0 Å². The SMILES string of the molecule is CCOc1ccc(CN2CCNC(=O)[C@H]2CC(=O)NC2CCN(c3ccccc3)CC2)cc1. The molecule has 2 fully saturated rings. The van der Waals surface area contributed by atoms with Gasteiger partial charge in [0.1, 0.15) is 5.75 Å². The van der Waals surface area contributed by atoms with E-state index >= 15 is 0 Å². The van der Waals surface area contributed by atoms with Crippen LogP contribution in [0.15, 0.2) is 54.6 Å². The minimum Gasteiger partial charge on any atom is -0.494 e. The zero-order valence-corrected chi connectivity index (χ0v) is 19.3. The molecule has 2 aromatic rings. The fraction of sp³-hybridized carbons (Fsp3) is 0.462. The number of nitrogens with one attached hydrogen (secondary N) is 2. The molecule has 7 heteroatoms. The van der Waals surface area contributed by atoms with Crippen LogP contribution in [0.2, 0.25) is 0 Å². The van der Waals surface area contributed by atoms with Gasteiger partial charge in [0.2, 0.25) is 11.8 Å². The highest BCUT2D eigenvalue weighted by Crippen LogP contribution is 2.20. The Labute approximate surface area is 196 Å². The van der Waals surface area contributed by atoms with Crippen LogP contribution in [0.3, 0.4) is 0 Å². The van der Waals surface area contributed by atoms with Crippen molar-refractivity contribution in [2.45, 2.75) is 44.8 Å². The van der Waals surface area contributed by atoms with Crippen LogP contribution < -0.4 is 20.3 Å². The van der Waals surface area contributed by atoms with Gasteiger partial charge in [-0.1, -0.05) is 30.3 Å². The number of piperazine rings is 1. The first kappa shape index (κ1) is 23.1. The van der Waals surface area contributed by atoms with Gasteiger partial charge in [0.25, 0.3) is 0 Å². The number of benzene rings is 2. The van der Waals surface area contributed by atoms with Gasteiger partial charge in [0.15, 0.2) is 0 Å². The maximum atomic E-state index is 12.8. The van der Waals surface area contributed by atoms with Crippen molar-refractivity contribution < 1.29 is 14.3 Å². The van der Waals surface area contributed by atoms with Gasteiger partial charge in [0.05, 0.1) is 19.1 Å². The van der Waals surface area contributed by atoms with Gasteiger partial charge in [-0.25, -0.2) is 0 Å². The first-order valence-corrected chi connectivity index (χ1v) is 11.9. The molecule has 2 aromatic carbocycles. The van der Waals surface area contributed by atoms with E-state index in [1.165, 1.54) is 5.69 Å². The summed E-state index contributed by atoms with van der Waals surface area (Å²) in [5.41, 5.74) is 2.33. The molecule has 4 rings (SSSR count). The van der Waals surface area contributed by atoms with E-state index in [0.717, 1.165) is 43.8 Å². The molecule has 1 atom stereocenters. The molecule has 0 radical (unpaired) electrons. The van der Waals surface area contributed by atoms with Gasteiger partial charge in [-0.15, -0.1) is 0 Å². The molecule has 0 aliphatic carbocycles. The van der Waals surface area contributed by atoms with Crippen molar-refractivity contribution in [3.05, 3.63) is 60.2 Å². The molecule has 0 aromatic heterocycles. The highest BCUT2D eigenvalue weighted by molar-refractivity contribution is 5.89. The third kappa shape index (κ3) is 6.26. The van der Waals surface area contributed by atoms with Crippen molar-refractivity contribution in [2.24, 2.45) is 0 Å². The number of rotatable bonds is 8. The molecule has 2 heterocycles. The summed E-state index contributed by atoms with van der Waals surface area (Å²) in [6.07, 6.45) is 2.00. The topological polar surface area (TPSA) is 73.9 Å². The Morgan fingerprint density at radius 3 is 2.48 bits per heavy atom. The summed E-state index contributed by atoms with van der Waals surface area (Å²) in [6, 6.07) is 18.0. The Kier molecular flexibility index (Phi) is 7.83. The van der Waals surface area contributed by atoms with Crippen molar-refractivity contribution >= 4 is 17.5 Å². The van der Waals surface area contributed by atoms with Crippen LogP contribution in [0, 0.1) is 0 Å². The van der Waals surface area contributed by atoms with Gasteiger partial charge in [0, 0.05) is 44.5 Å². The Hall–Kier alpha value is -3.06. The molecule has 0 saturated carbocycles. The summed E-state index contributed by atoms with van der Waals surface area (Å²) in [4.78, 5) is 29.9. The maximum absolute atomic E-state index is 12.8. The van der Waals surface area contributed by atoms with E-state index in [2.05, 4.69) is 44.7 Å². The molecule has 2 saturated heterocycles. The maximum Gasteiger partial charge on any atom is 0.237 e. The van der Waals surface area contributed by atoms with Gasteiger partial charge in [-0.2, -0.15) is 0 Å². The van der Waals surface area contributed by atoms with Crippen molar-refractivity contribution in [3.8, 4) is 5.75 Å². The summed E-state index contributed by atoms with van der Waals surface area (Å²) >= 11 is 0. The number of hydrogen-bond donors (Lipinski definition) is 2. The molecule has 2 amide bonds. The summed E-state index contributed by atoms with van der Waals surface area (Å²) < 4.78 is 5.51. The van der Waals surface area contributed by atoms with E-state index in [4.69, 9.17) is 4.74 Å². The largest absolute Gasteiger partial charge is 0.494 e. The molecule has 176 valence electrons. The number of amides is 2. The monoisotopic (exact) mass is 450 g/mol. The quantitative estimate of drug-likeness (QED) is 0.647. The normalized spacial score (nSPS) is 19.7. The first-order valence-electron chi connectivity index (χ1n) is 11.9. The van der Waals surface area contributed by atoms with Crippen LogP contribution in [0.5, 0.6) is 5.75 Å². The molecule has 33 heavy (non-hydrogen) atoms. The number of piperidine rings is 1. The van der Waals surface area contributed by atoms with Crippen molar-refractivity contribution in [2.75, 3.05) is 37.7 Å². The van der Waals surface area contributed by atoms with E-state index < -0.39 is 6.04 Å². The molecule has 2 aliphatic rings. The fourth-order valence-electron chi connectivity index (χ4n) is 4.65. The second kappa shape index (κ2) is 11.2. The molecular formula is C26H34N4O3. The number of carbonyl (C=O) groups excluding carboxylic acids is 2. The van der Waals surface area contributed by atoms with Crippen molar-refractivity contribution in [3.63, 3.8) is 0 Å². The van der Waals surface area contributed by atoms with Crippen LogP contribution in [-0.4, -0.2) is 61.6 Å². The van der Waals surface area contributed by atoms with Crippen LogP contribution in [0.1, 0.15) is 31.7 Å². The Morgan fingerprint density at radius 2 is 1.79 bits per heavy atom. The van der Waals surface area contributed by atoms with Crippen LogP contribution in [0.25, 0.3) is 0 Å². The van der Waals surface area contributed by atoms with E-state index in [0.29, 0.717) is 19.7 Å². The number of hydrogen-bond acceptors (Lipinski definition) is 5. The third-order valence-electron chi connectivity index (χ3n) is 6.42. The zero-order chi connectivity index (χ0) is 23.0. The average molecular weight is 451 g/mol. The van der Waals surface area contributed by atoms with Gasteiger partial charge in [-0.3, -0.25) is 14.5 Å². The lowest BCUT2D eigenvalue weighted by Gasteiger charge is -2.36. The van der Waals surface area contributed by atoms with Gasteiger partial charge in [-0.05, 0) is 49.6 Å². The highest BCUT2D eigenvalue weighted by Gasteiger charge is 2.32. The number of ether oxygens (including phenoxy) is 1. The molecule has 0 unspecified atom stereocenters. The summed E-state index contributed by atoms with van der Waals surface area (Å²) in [5.74, 6) is 0.722. The number of anilines is 1. The lowest BCUT2D eigenvalue weighted by molar-refractivity contribution is -0.134. The summed E-state index contributed by atoms with van der Waals surface area (Å²) in [7, 11) is 0. The lowest BCUT2D eigenvalue weighted by Crippen LogP contribution is -2.56. The van der Waals surface area contributed by atoms with Crippen LogP contribution >= 0.6 is 0 Å². The second-order valence-electron chi connectivity index (χ2n) is 8.72. The van der Waals surface area contributed by atoms with Crippen molar-refractivity contribution in [1.82, 2.24) is 15.5 Å². The Bertz CT molecular complexity index is 911. The predicted octanol–water partition coefficient (Wildman–Crippen LogP) is 2.56. The van der Waals surface area contributed by atoms with Gasteiger partial charge >= 0.3 is 0 Å². The molecule has 7 nitrogen and oxygen atoms in total. The van der Waals surface area contributed by atoms with E-state index in [9.17, 15) is 9.59 Å². The first-order chi connectivity index (χ1) is 16.1. The zero-order valence-electron chi connectivity index (χ0n) is 19.3. The molecule has 2 N–H and O–H groups in total.